The molecule has 1 aromatic rings. The minimum absolute atomic E-state index is 0.0355. The zero-order valence-corrected chi connectivity index (χ0v) is 13.1. The highest BCUT2D eigenvalue weighted by Crippen LogP contribution is 2.20. The Kier molecular flexibility index (Phi) is 5.35. The number of amidine groups is 1. The molecule has 0 unspecified atom stereocenters. The number of ether oxygens (including phenoxy) is 1. The van der Waals surface area contributed by atoms with Gasteiger partial charge in [0.15, 0.2) is 5.17 Å². The predicted octanol–water partition coefficient (Wildman–Crippen LogP) is 1.31. The number of hydrogen-bond donors (Lipinski definition) is 1. The van der Waals surface area contributed by atoms with Crippen LogP contribution in [0.1, 0.15) is 11.1 Å². The number of methoxy groups -OCH3 is 1. The Bertz CT molecular complexity index is 584. The molecule has 0 saturated carbocycles. The minimum Gasteiger partial charge on any atom is -0.496 e. The molecule has 0 radical (unpaired) electrons. The number of rotatable bonds is 5. The first-order valence-corrected chi connectivity index (χ1v) is 7.42. The summed E-state index contributed by atoms with van der Waals surface area (Å²) < 4.78 is 5.35. The SMILES string of the molecule is COc1ccc(C=NN=C2NC(=O)CS2)cc1CN(C)C. The number of hydrogen-bond acceptors (Lipinski definition) is 6. The molecule has 7 heteroatoms. The van der Waals surface area contributed by atoms with Gasteiger partial charge in [-0.25, -0.2) is 0 Å². The number of amides is 1. The maximum Gasteiger partial charge on any atom is 0.236 e. The number of carbonyl (C=O) groups excluding carboxylic acids is 1. The van der Waals surface area contributed by atoms with Crippen LogP contribution >= 0.6 is 11.8 Å². The maximum atomic E-state index is 11.0. The summed E-state index contributed by atoms with van der Waals surface area (Å²) in [4.78, 5) is 13.1. The Morgan fingerprint density at radius 3 is 2.90 bits per heavy atom. The van der Waals surface area contributed by atoms with Crippen molar-refractivity contribution < 1.29 is 9.53 Å². The highest BCUT2D eigenvalue weighted by atomic mass is 32.2. The topological polar surface area (TPSA) is 66.3 Å². The molecule has 0 spiro atoms. The molecule has 1 aromatic carbocycles. The Labute approximate surface area is 128 Å². The van der Waals surface area contributed by atoms with Crippen molar-refractivity contribution in [2.75, 3.05) is 27.0 Å². The lowest BCUT2D eigenvalue weighted by molar-refractivity contribution is -0.116. The number of thioether (sulfide) groups is 1. The van der Waals surface area contributed by atoms with E-state index in [1.54, 1.807) is 13.3 Å². The number of nitrogens with zero attached hydrogens (tertiary/aromatic N) is 3. The molecule has 21 heavy (non-hydrogen) atoms. The van der Waals surface area contributed by atoms with Crippen LogP contribution in [0.2, 0.25) is 0 Å². The van der Waals surface area contributed by atoms with Gasteiger partial charge >= 0.3 is 0 Å². The molecule has 1 saturated heterocycles. The van der Waals surface area contributed by atoms with E-state index in [2.05, 4.69) is 20.4 Å². The zero-order valence-electron chi connectivity index (χ0n) is 12.3. The van der Waals surface area contributed by atoms with Crippen LogP contribution < -0.4 is 10.1 Å². The van der Waals surface area contributed by atoms with Crippen LogP contribution in [0.25, 0.3) is 0 Å². The van der Waals surface area contributed by atoms with Gasteiger partial charge in [0.1, 0.15) is 5.75 Å². The van der Waals surface area contributed by atoms with E-state index in [1.165, 1.54) is 11.8 Å². The fourth-order valence-electron chi connectivity index (χ4n) is 1.87. The molecule has 1 fully saturated rings. The summed E-state index contributed by atoms with van der Waals surface area (Å²) in [6.07, 6.45) is 1.66. The van der Waals surface area contributed by atoms with E-state index >= 15 is 0 Å². The molecule has 0 aliphatic carbocycles. The van der Waals surface area contributed by atoms with E-state index in [1.807, 2.05) is 32.3 Å². The van der Waals surface area contributed by atoms with Gasteiger partial charge in [-0.05, 0) is 37.9 Å². The van der Waals surface area contributed by atoms with E-state index in [-0.39, 0.29) is 5.91 Å². The molecule has 1 N–H and O–H groups in total. The van der Waals surface area contributed by atoms with Crippen molar-refractivity contribution in [1.29, 1.82) is 0 Å². The van der Waals surface area contributed by atoms with Gasteiger partial charge in [-0.3, -0.25) is 4.79 Å². The first-order valence-electron chi connectivity index (χ1n) is 6.44. The summed E-state index contributed by atoms with van der Waals surface area (Å²) in [5.74, 6) is 1.22. The van der Waals surface area contributed by atoms with Gasteiger partial charge in [0.25, 0.3) is 0 Å². The fourth-order valence-corrected chi connectivity index (χ4v) is 2.50. The Balaban J connectivity index is 2.11. The van der Waals surface area contributed by atoms with E-state index in [0.717, 1.165) is 23.4 Å². The zero-order chi connectivity index (χ0) is 15.2. The lowest BCUT2D eigenvalue weighted by Crippen LogP contribution is -2.19. The number of nitrogens with one attached hydrogen (secondary N) is 1. The Morgan fingerprint density at radius 2 is 2.29 bits per heavy atom. The van der Waals surface area contributed by atoms with Gasteiger partial charge in [0.05, 0.1) is 19.1 Å². The predicted molar refractivity (Wildman–Crippen MR) is 86.0 cm³/mol. The molecule has 0 atom stereocenters. The summed E-state index contributed by atoms with van der Waals surface area (Å²) >= 11 is 1.35. The van der Waals surface area contributed by atoms with Crippen molar-refractivity contribution in [1.82, 2.24) is 10.2 Å². The quantitative estimate of drug-likeness (QED) is 0.658. The standard InChI is InChI=1S/C14H18N4O2S/c1-18(2)8-11-6-10(4-5-12(11)20-3)7-15-17-14-16-13(19)9-21-14/h4-7H,8-9H2,1-3H3,(H,16,17,19). The molecule has 6 nitrogen and oxygen atoms in total. The van der Waals surface area contributed by atoms with Gasteiger partial charge in [0.2, 0.25) is 5.91 Å². The lowest BCUT2D eigenvalue weighted by Gasteiger charge is -2.13. The number of benzene rings is 1. The largest absolute Gasteiger partial charge is 0.496 e. The van der Waals surface area contributed by atoms with Gasteiger partial charge in [0, 0.05) is 12.1 Å². The van der Waals surface area contributed by atoms with Gasteiger partial charge < -0.3 is 15.0 Å². The average molecular weight is 306 g/mol. The van der Waals surface area contributed by atoms with E-state index in [4.69, 9.17) is 4.74 Å². The Morgan fingerprint density at radius 1 is 1.48 bits per heavy atom. The smallest absolute Gasteiger partial charge is 0.236 e. The molecule has 112 valence electrons. The maximum absolute atomic E-state index is 11.0. The molecule has 1 amide bonds. The summed E-state index contributed by atoms with van der Waals surface area (Å²) in [5.41, 5.74) is 2.02. The second-order valence-electron chi connectivity index (χ2n) is 4.80. The lowest BCUT2D eigenvalue weighted by atomic mass is 10.1. The first-order chi connectivity index (χ1) is 10.1. The second-order valence-corrected chi connectivity index (χ2v) is 5.76. The van der Waals surface area contributed by atoms with Crippen LogP contribution in [0.5, 0.6) is 5.75 Å². The average Bonchev–Trinajstić information content (AvgIpc) is 2.84. The molecule has 1 aliphatic heterocycles. The van der Waals surface area contributed by atoms with Crippen molar-refractivity contribution >= 4 is 29.1 Å². The Hall–Kier alpha value is -1.86. The van der Waals surface area contributed by atoms with E-state index in [9.17, 15) is 4.79 Å². The summed E-state index contributed by atoms with van der Waals surface area (Å²) in [6.45, 7) is 0.783. The van der Waals surface area contributed by atoms with Crippen molar-refractivity contribution in [3.63, 3.8) is 0 Å². The van der Waals surface area contributed by atoms with E-state index in [0.29, 0.717) is 10.9 Å². The molecule has 0 bridgehead atoms. The minimum atomic E-state index is -0.0355. The van der Waals surface area contributed by atoms with Crippen molar-refractivity contribution in [3.05, 3.63) is 29.3 Å². The highest BCUT2D eigenvalue weighted by Gasteiger charge is 2.15. The van der Waals surface area contributed by atoms with Crippen molar-refractivity contribution in [2.24, 2.45) is 10.2 Å². The normalized spacial score (nSPS) is 17.0. The third-order valence-corrected chi connectivity index (χ3v) is 3.60. The molecule has 1 heterocycles. The van der Waals surface area contributed by atoms with Crippen LogP contribution in [0.15, 0.2) is 28.4 Å². The first kappa shape index (κ1) is 15.5. The van der Waals surface area contributed by atoms with Crippen LogP contribution in [-0.2, 0) is 11.3 Å². The molecular formula is C14H18N4O2S. The van der Waals surface area contributed by atoms with Crippen LogP contribution in [0.3, 0.4) is 0 Å². The van der Waals surface area contributed by atoms with Gasteiger partial charge in [-0.2, -0.15) is 5.10 Å². The monoisotopic (exact) mass is 306 g/mol. The third-order valence-electron chi connectivity index (χ3n) is 2.73. The second kappa shape index (κ2) is 7.24. The molecule has 0 aromatic heterocycles. The number of carbonyl (C=O) groups is 1. The van der Waals surface area contributed by atoms with Crippen LogP contribution in [0, 0.1) is 0 Å². The summed E-state index contributed by atoms with van der Waals surface area (Å²) in [7, 11) is 5.67. The highest BCUT2D eigenvalue weighted by molar-refractivity contribution is 8.15. The van der Waals surface area contributed by atoms with Crippen molar-refractivity contribution in [2.45, 2.75) is 6.54 Å². The van der Waals surface area contributed by atoms with Crippen molar-refractivity contribution in [3.8, 4) is 5.75 Å². The summed E-state index contributed by atoms with van der Waals surface area (Å²) in [5, 5.41) is 11.2. The van der Waals surface area contributed by atoms with Crippen LogP contribution in [0.4, 0.5) is 0 Å². The third kappa shape index (κ3) is 4.57. The van der Waals surface area contributed by atoms with Crippen LogP contribution in [-0.4, -0.2) is 49.1 Å². The molecular weight excluding hydrogens is 288 g/mol. The van der Waals surface area contributed by atoms with Gasteiger partial charge in [-0.1, -0.05) is 11.8 Å². The van der Waals surface area contributed by atoms with E-state index < -0.39 is 0 Å². The fraction of sp³-hybridized carbons (Fsp3) is 0.357. The van der Waals surface area contributed by atoms with Gasteiger partial charge in [-0.15, -0.1) is 5.10 Å². The molecule has 1 aliphatic rings. The molecule has 2 rings (SSSR count). The summed E-state index contributed by atoms with van der Waals surface area (Å²) in [6, 6.07) is 5.85.